The second kappa shape index (κ2) is 6.19. The Morgan fingerprint density at radius 3 is 2.45 bits per heavy atom. The average molecular weight is 283 g/mol. The van der Waals surface area contributed by atoms with E-state index in [2.05, 4.69) is 6.92 Å². The van der Waals surface area contributed by atoms with Crippen molar-refractivity contribution in [2.45, 2.75) is 45.1 Å². The van der Waals surface area contributed by atoms with Crippen LogP contribution in [0.2, 0.25) is 0 Å². The van der Waals surface area contributed by atoms with Crippen LogP contribution in [0.4, 0.5) is 8.78 Å². The molecule has 20 heavy (non-hydrogen) atoms. The Hall–Kier alpha value is -1.00. The summed E-state index contributed by atoms with van der Waals surface area (Å²) in [6.45, 7) is 2.54. The van der Waals surface area contributed by atoms with E-state index < -0.39 is 23.2 Å². The minimum Gasteiger partial charge on any atom is -0.388 e. The summed E-state index contributed by atoms with van der Waals surface area (Å²) in [7, 11) is 0. The van der Waals surface area contributed by atoms with Crippen molar-refractivity contribution in [3.63, 3.8) is 0 Å². The summed E-state index contributed by atoms with van der Waals surface area (Å²) in [6, 6.07) is 3.60. The molecule has 0 bridgehead atoms. The van der Waals surface area contributed by atoms with E-state index in [9.17, 15) is 13.9 Å². The number of benzene rings is 1. The summed E-state index contributed by atoms with van der Waals surface area (Å²) in [5.41, 5.74) is 5.92. The molecule has 4 heteroatoms. The predicted molar refractivity (Wildman–Crippen MR) is 75.1 cm³/mol. The first-order chi connectivity index (χ1) is 9.52. The highest BCUT2D eigenvalue weighted by atomic mass is 19.2. The van der Waals surface area contributed by atoms with Gasteiger partial charge in [-0.15, -0.1) is 0 Å². The fraction of sp³-hybridized carbons (Fsp3) is 0.625. The summed E-state index contributed by atoms with van der Waals surface area (Å²) in [6.07, 6.45) is 4.05. The van der Waals surface area contributed by atoms with E-state index in [0.717, 1.165) is 44.2 Å². The van der Waals surface area contributed by atoms with Gasteiger partial charge in [0.1, 0.15) is 0 Å². The van der Waals surface area contributed by atoms with E-state index in [1.807, 2.05) is 0 Å². The molecule has 2 nitrogen and oxygen atoms in total. The molecule has 3 N–H and O–H groups in total. The zero-order valence-electron chi connectivity index (χ0n) is 11.9. The molecule has 0 radical (unpaired) electrons. The van der Waals surface area contributed by atoms with E-state index >= 15 is 0 Å². The third-order valence-corrected chi connectivity index (χ3v) is 4.92. The highest BCUT2D eigenvalue weighted by Crippen LogP contribution is 2.47. The molecule has 0 amide bonds. The molecule has 1 atom stereocenters. The van der Waals surface area contributed by atoms with Gasteiger partial charge in [0.25, 0.3) is 0 Å². The SMILES string of the molecule is CCC1CCC(CN)(C(O)c2ccc(F)c(F)c2)CC1. The summed E-state index contributed by atoms with van der Waals surface area (Å²) in [4.78, 5) is 0. The first-order valence-corrected chi connectivity index (χ1v) is 7.35. The zero-order valence-corrected chi connectivity index (χ0v) is 11.9. The molecule has 0 aliphatic heterocycles. The third-order valence-electron chi connectivity index (χ3n) is 4.92. The van der Waals surface area contributed by atoms with Crippen LogP contribution in [0.3, 0.4) is 0 Å². The maximum atomic E-state index is 13.3. The van der Waals surface area contributed by atoms with Crippen LogP contribution in [-0.4, -0.2) is 11.7 Å². The molecular weight excluding hydrogens is 260 g/mol. The largest absolute Gasteiger partial charge is 0.388 e. The molecule has 1 aromatic carbocycles. The van der Waals surface area contributed by atoms with Crippen LogP contribution in [0.15, 0.2) is 18.2 Å². The van der Waals surface area contributed by atoms with Crippen LogP contribution in [0.1, 0.15) is 50.7 Å². The quantitative estimate of drug-likeness (QED) is 0.887. The summed E-state index contributed by atoms with van der Waals surface area (Å²) in [5.74, 6) is -1.12. The Kier molecular flexibility index (Phi) is 4.76. The van der Waals surface area contributed by atoms with E-state index in [-0.39, 0.29) is 0 Å². The van der Waals surface area contributed by atoms with Crippen LogP contribution in [0.5, 0.6) is 0 Å². The molecule has 1 aliphatic rings. The van der Waals surface area contributed by atoms with Crippen molar-refractivity contribution in [2.24, 2.45) is 17.1 Å². The fourth-order valence-corrected chi connectivity index (χ4v) is 3.29. The molecule has 0 saturated heterocycles. The number of hydrogen-bond donors (Lipinski definition) is 2. The molecule has 0 heterocycles. The van der Waals surface area contributed by atoms with Crippen molar-refractivity contribution in [2.75, 3.05) is 6.54 Å². The lowest BCUT2D eigenvalue weighted by molar-refractivity contribution is -0.0105. The van der Waals surface area contributed by atoms with Gasteiger partial charge >= 0.3 is 0 Å². The first-order valence-electron chi connectivity index (χ1n) is 7.35. The molecule has 1 aromatic rings. The minimum absolute atomic E-state index is 0.365. The van der Waals surface area contributed by atoms with Crippen LogP contribution >= 0.6 is 0 Å². The van der Waals surface area contributed by atoms with E-state index in [1.165, 1.54) is 6.07 Å². The molecular formula is C16H23F2NO. The van der Waals surface area contributed by atoms with Crippen LogP contribution in [-0.2, 0) is 0 Å². The summed E-state index contributed by atoms with van der Waals surface area (Å²) in [5, 5.41) is 10.6. The molecule has 2 rings (SSSR count). The topological polar surface area (TPSA) is 46.2 Å². The monoisotopic (exact) mass is 283 g/mol. The van der Waals surface area contributed by atoms with Gasteiger partial charge < -0.3 is 10.8 Å². The maximum Gasteiger partial charge on any atom is 0.159 e. The van der Waals surface area contributed by atoms with Crippen LogP contribution in [0, 0.1) is 23.0 Å². The molecule has 0 spiro atoms. The second-order valence-corrected chi connectivity index (χ2v) is 5.99. The Morgan fingerprint density at radius 2 is 1.95 bits per heavy atom. The minimum atomic E-state index is -0.920. The van der Waals surface area contributed by atoms with Crippen molar-refractivity contribution >= 4 is 0 Å². The predicted octanol–water partition coefficient (Wildman–Crippen LogP) is 3.54. The number of aliphatic hydroxyl groups is 1. The summed E-state index contributed by atoms with van der Waals surface area (Å²) < 4.78 is 26.3. The normalized spacial score (nSPS) is 28.4. The Morgan fingerprint density at radius 1 is 1.30 bits per heavy atom. The third kappa shape index (κ3) is 2.86. The molecule has 0 aromatic heterocycles. The van der Waals surface area contributed by atoms with Gasteiger partial charge in [0.15, 0.2) is 11.6 Å². The Labute approximate surface area is 119 Å². The average Bonchev–Trinajstić information content (AvgIpc) is 2.49. The van der Waals surface area contributed by atoms with Gasteiger partial charge in [0.2, 0.25) is 0 Å². The smallest absolute Gasteiger partial charge is 0.159 e. The van der Waals surface area contributed by atoms with Gasteiger partial charge in [-0.2, -0.15) is 0 Å². The lowest BCUT2D eigenvalue weighted by Gasteiger charge is -2.43. The Balaban J connectivity index is 2.20. The highest BCUT2D eigenvalue weighted by Gasteiger charge is 2.40. The lowest BCUT2D eigenvalue weighted by Crippen LogP contribution is -2.40. The van der Waals surface area contributed by atoms with Gasteiger partial charge in [0, 0.05) is 12.0 Å². The number of rotatable bonds is 4. The fourth-order valence-electron chi connectivity index (χ4n) is 3.29. The summed E-state index contributed by atoms with van der Waals surface area (Å²) >= 11 is 0. The van der Waals surface area contributed by atoms with Crippen LogP contribution < -0.4 is 5.73 Å². The zero-order chi connectivity index (χ0) is 14.8. The lowest BCUT2D eigenvalue weighted by atomic mass is 9.65. The highest BCUT2D eigenvalue weighted by molar-refractivity contribution is 5.22. The molecule has 1 saturated carbocycles. The van der Waals surface area contributed by atoms with Gasteiger partial charge in [0.05, 0.1) is 6.10 Å². The molecule has 1 aliphatic carbocycles. The number of aliphatic hydroxyl groups excluding tert-OH is 1. The van der Waals surface area contributed by atoms with Crippen LogP contribution in [0.25, 0.3) is 0 Å². The van der Waals surface area contributed by atoms with E-state index in [1.54, 1.807) is 0 Å². The molecule has 1 fully saturated rings. The number of halogens is 2. The van der Waals surface area contributed by atoms with E-state index in [0.29, 0.717) is 18.0 Å². The number of hydrogen-bond acceptors (Lipinski definition) is 2. The van der Waals surface area contributed by atoms with Crippen molar-refractivity contribution in [1.82, 2.24) is 0 Å². The second-order valence-electron chi connectivity index (χ2n) is 5.99. The van der Waals surface area contributed by atoms with Crippen molar-refractivity contribution in [3.05, 3.63) is 35.4 Å². The van der Waals surface area contributed by atoms with Gasteiger partial charge in [-0.05, 0) is 49.3 Å². The standard InChI is InChI=1S/C16H23F2NO/c1-2-11-5-7-16(10-19,8-6-11)15(20)12-3-4-13(17)14(18)9-12/h3-4,9,11,15,20H,2,5-8,10,19H2,1H3. The van der Waals surface area contributed by atoms with Crippen molar-refractivity contribution < 1.29 is 13.9 Å². The first kappa shape index (κ1) is 15.4. The van der Waals surface area contributed by atoms with E-state index in [4.69, 9.17) is 5.73 Å². The van der Waals surface area contributed by atoms with Gasteiger partial charge in [-0.1, -0.05) is 19.4 Å². The Bertz CT molecular complexity index is 456. The molecule has 1 unspecified atom stereocenters. The van der Waals surface area contributed by atoms with Crippen molar-refractivity contribution in [3.8, 4) is 0 Å². The molecule has 112 valence electrons. The van der Waals surface area contributed by atoms with Crippen molar-refractivity contribution in [1.29, 1.82) is 0 Å². The number of nitrogens with two attached hydrogens (primary N) is 1. The maximum absolute atomic E-state index is 13.3. The van der Waals surface area contributed by atoms with Gasteiger partial charge in [-0.25, -0.2) is 8.78 Å². The van der Waals surface area contributed by atoms with Gasteiger partial charge in [-0.3, -0.25) is 0 Å².